The van der Waals surface area contributed by atoms with Crippen LogP contribution in [0.25, 0.3) is 5.69 Å². The SMILES string of the molecule is O=C(CS)Nc1ccc(-n2ccnc2)cc1. The number of carbonyl (C=O) groups excluding carboxylic acids is 1. The summed E-state index contributed by atoms with van der Waals surface area (Å²) in [5.74, 6) is 0.0715. The Morgan fingerprint density at radius 1 is 1.38 bits per heavy atom. The van der Waals surface area contributed by atoms with Gasteiger partial charge in [0.15, 0.2) is 0 Å². The molecule has 82 valence electrons. The summed E-state index contributed by atoms with van der Waals surface area (Å²) < 4.78 is 1.89. The minimum atomic E-state index is -0.112. The summed E-state index contributed by atoms with van der Waals surface area (Å²) >= 11 is 3.89. The Labute approximate surface area is 98.7 Å². The summed E-state index contributed by atoms with van der Waals surface area (Å²) in [5, 5.41) is 2.72. The van der Waals surface area contributed by atoms with Crippen molar-refractivity contribution in [1.29, 1.82) is 0 Å². The van der Waals surface area contributed by atoms with Crippen molar-refractivity contribution < 1.29 is 4.79 Å². The lowest BCUT2D eigenvalue weighted by atomic mass is 10.3. The van der Waals surface area contributed by atoms with Gasteiger partial charge in [-0.2, -0.15) is 12.6 Å². The van der Waals surface area contributed by atoms with Crippen molar-refractivity contribution in [3.63, 3.8) is 0 Å². The standard InChI is InChI=1S/C11H11N3OS/c15-11(7-16)13-9-1-3-10(4-2-9)14-6-5-12-8-14/h1-6,8,16H,7H2,(H,13,15). The number of aromatic nitrogens is 2. The molecule has 0 atom stereocenters. The van der Waals surface area contributed by atoms with E-state index < -0.39 is 0 Å². The van der Waals surface area contributed by atoms with E-state index in [0.717, 1.165) is 11.4 Å². The summed E-state index contributed by atoms with van der Waals surface area (Å²) in [4.78, 5) is 15.1. The molecule has 1 amide bonds. The van der Waals surface area contributed by atoms with Gasteiger partial charge in [-0.3, -0.25) is 4.79 Å². The molecule has 2 aromatic rings. The van der Waals surface area contributed by atoms with Gasteiger partial charge in [-0.15, -0.1) is 0 Å². The van der Waals surface area contributed by atoms with Gasteiger partial charge in [0.1, 0.15) is 0 Å². The van der Waals surface area contributed by atoms with E-state index in [-0.39, 0.29) is 11.7 Å². The molecule has 0 fully saturated rings. The summed E-state index contributed by atoms with van der Waals surface area (Å²) in [7, 11) is 0. The molecule has 0 radical (unpaired) electrons. The lowest BCUT2D eigenvalue weighted by Crippen LogP contribution is -2.12. The first-order valence-corrected chi connectivity index (χ1v) is 5.42. The number of carbonyl (C=O) groups is 1. The van der Waals surface area contributed by atoms with Crippen molar-refractivity contribution in [3.05, 3.63) is 43.0 Å². The molecule has 16 heavy (non-hydrogen) atoms. The Bertz CT molecular complexity index is 464. The van der Waals surface area contributed by atoms with Crippen LogP contribution >= 0.6 is 12.6 Å². The van der Waals surface area contributed by atoms with Crippen LogP contribution in [-0.2, 0) is 4.79 Å². The van der Waals surface area contributed by atoms with Crippen LogP contribution in [0.5, 0.6) is 0 Å². The zero-order chi connectivity index (χ0) is 11.4. The van der Waals surface area contributed by atoms with E-state index in [2.05, 4.69) is 22.9 Å². The maximum absolute atomic E-state index is 11.1. The second-order valence-electron chi connectivity index (χ2n) is 3.22. The van der Waals surface area contributed by atoms with Crippen LogP contribution in [0.3, 0.4) is 0 Å². The van der Waals surface area contributed by atoms with Crippen LogP contribution in [0.4, 0.5) is 5.69 Å². The minimum Gasteiger partial charge on any atom is -0.325 e. The smallest absolute Gasteiger partial charge is 0.234 e. The number of rotatable bonds is 3. The molecule has 0 saturated heterocycles. The fourth-order valence-electron chi connectivity index (χ4n) is 1.33. The molecule has 1 aromatic carbocycles. The van der Waals surface area contributed by atoms with Gasteiger partial charge in [-0.1, -0.05) is 0 Å². The fraction of sp³-hybridized carbons (Fsp3) is 0.0909. The number of hydrogen-bond donors (Lipinski definition) is 2. The summed E-state index contributed by atoms with van der Waals surface area (Å²) in [6, 6.07) is 7.51. The monoisotopic (exact) mass is 233 g/mol. The summed E-state index contributed by atoms with van der Waals surface area (Å²) in [6.07, 6.45) is 5.30. The number of thiol groups is 1. The lowest BCUT2D eigenvalue weighted by Gasteiger charge is -2.05. The maximum atomic E-state index is 11.1. The van der Waals surface area contributed by atoms with Gasteiger partial charge in [0.25, 0.3) is 0 Å². The maximum Gasteiger partial charge on any atom is 0.234 e. The molecule has 1 heterocycles. The fourth-order valence-corrected chi connectivity index (χ4v) is 1.41. The number of imidazole rings is 1. The Morgan fingerprint density at radius 3 is 2.69 bits per heavy atom. The number of hydrogen-bond acceptors (Lipinski definition) is 3. The highest BCUT2D eigenvalue weighted by Crippen LogP contribution is 2.12. The molecule has 0 aliphatic carbocycles. The molecular weight excluding hydrogens is 222 g/mol. The van der Waals surface area contributed by atoms with Crippen molar-refractivity contribution >= 4 is 24.2 Å². The van der Waals surface area contributed by atoms with Crippen molar-refractivity contribution in [2.45, 2.75) is 0 Å². The largest absolute Gasteiger partial charge is 0.325 e. The Balaban J connectivity index is 2.14. The van der Waals surface area contributed by atoms with Crippen LogP contribution in [0.2, 0.25) is 0 Å². The van der Waals surface area contributed by atoms with E-state index in [0.29, 0.717) is 0 Å². The van der Waals surface area contributed by atoms with Gasteiger partial charge in [0.05, 0.1) is 12.1 Å². The van der Waals surface area contributed by atoms with E-state index in [4.69, 9.17) is 0 Å². The van der Waals surface area contributed by atoms with Gasteiger partial charge in [-0.05, 0) is 24.3 Å². The number of benzene rings is 1. The number of nitrogens with zero attached hydrogens (tertiary/aromatic N) is 2. The quantitative estimate of drug-likeness (QED) is 0.793. The van der Waals surface area contributed by atoms with Crippen LogP contribution in [-0.4, -0.2) is 21.2 Å². The van der Waals surface area contributed by atoms with Gasteiger partial charge in [0.2, 0.25) is 5.91 Å². The second-order valence-corrected chi connectivity index (χ2v) is 3.54. The molecule has 1 aromatic heterocycles. The Kier molecular flexibility index (Phi) is 3.26. The molecule has 2 rings (SSSR count). The topological polar surface area (TPSA) is 46.9 Å². The van der Waals surface area contributed by atoms with Gasteiger partial charge < -0.3 is 9.88 Å². The Morgan fingerprint density at radius 2 is 2.12 bits per heavy atom. The second kappa shape index (κ2) is 4.85. The van der Waals surface area contributed by atoms with E-state index >= 15 is 0 Å². The highest BCUT2D eigenvalue weighted by atomic mass is 32.1. The molecule has 0 unspecified atom stereocenters. The molecule has 5 heteroatoms. The number of nitrogens with one attached hydrogen (secondary N) is 1. The first-order valence-electron chi connectivity index (χ1n) is 4.79. The normalized spacial score (nSPS) is 10.1. The minimum absolute atomic E-state index is 0.112. The number of amides is 1. The van der Waals surface area contributed by atoms with E-state index in [1.165, 1.54) is 0 Å². The molecule has 0 saturated carbocycles. The number of anilines is 1. The van der Waals surface area contributed by atoms with Crippen molar-refractivity contribution in [3.8, 4) is 5.69 Å². The molecule has 0 spiro atoms. The van der Waals surface area contributed by atoms with Crippen LogP contribution < -0.4 is 5.32 Å². The third kappa shape index (κ3) is 2.43. The summed E-state index contributed by atoms with van der Waals surface area (Å²) in [5.41, 5.74) is 1.77. The van der Waals surface area contributed by atoms with E-state index in [1.807, 2.05) is 35.0 Å². The molecular formula is C11H11N3OS. The zero-order valence-electron chi connectivity index (χ0n) is 8.50. The average molecular weight is 233 g/mol. The first-order chi connectivity index (χ1) is 7.79. The van der Waals surface area contributed by atoms with E-state index in [9.17, 15) is 4.79 Å². The summed E-state index contributed by atoms with van der Waals surface area (Å²) in [6.45, 7) is 0. The molecule has 4 nitrogen and oxygen atoms in total. The lowest BCUT2D eigenvalue weighted by molar-refractivity contribution is -0.113. The van der Waals surface area contributed by atoms with Gasteiger partial charge in [-0.25, -0.2) is 4.98 Å². The third-order valence-electron chi connectivity index (χ3n) is 2.10. The van der Waals surface area contributed by atoms with Crippen LogP contribution in [0.1, 0.15) is 0 Å². The van der Waals surface area contributed by atoms with Crippen LogP contribution in [0.15, 0.2) is 43.0 Å². The van der Waals surface area contributed by atoms with Crippen molar-refractivity contribution in [2.75, 3.05) is 11.1 Å². The molecule has 1 N–H and O–H groups in total. The zero-order valence-corrected chi connectivity index (χ0v) is 9.39. The highest BCUT2D eigenvalue weighted by Gasteiger charge is 1.99. The molecule has 0 aliphatic heterocycles. The van der Waals surface area contributed by atoms with Crippen LogP contribution in [0, 0.1) is 0 Å². The average Bonchev–Trinajstić information content (AvgIpc) is 2.83. The van der Waals surface area contributed by atoms with Gasteiger partial charge in [0, 0.05) is 23.8 Å². The molecule has 0 bridgehead atoms. The van der Waals surface area contributed by atoms with Crippen molar-refractivity contribution in [2.24, 2.45) is 0 Å². The first kappa shape index (κ1) is 10.8. The Hall–Kier alpha value is -1.75. The van der Waals surface area contributed by atoms with E-state index in [1.54, 1.807) is 12.5 Å². The third-order valence-corrected chi connectivity index (χ3v) is 2.38. The van der Waals surface area contributed by atoms with Crippen molar-refractivity contribution in [1.82, 2.24) is 9.55 Å². The predicted octanol–water partition coefficient (Wildman–Crippen LogP) is 1.74. The highest BCUT2D eigenvalue weighted by molar-refractivity contribution is 7.81. The predicted molar refractivity (Wildman–Crippen MR) is 66.0 cm³/mol. The van der Waals surface area contributed by atoms with Gasteiger partial charge >= 0.3 is 0 Å². The molecule has 0 aliphatic rings.